The number of rotatable bonds is 7. The number of hydrogen-bond acceptors (Lipinski definition) is 4. The highest BCUT2D eigenvalue weighted by Gasteiger charge is 2.08. The van der Waals surface area contributed by atoms with Crippen molar-refractivity contribution in [1.29, 1.82) is 0 Å². The number of nitrogens with zero attached hydrogens (tertiary/aromatic N) is 2. The standard InChI is InChI=1S/C17H25N3O/c1-13(2)18-10-16-9-17(21-19-16)12-20(4)11-15-7-5-14(3)6-8-15/h5-9,13,18H,10-12H2,1-4H3. The third-order valence-electron chi connectivity index (χ3n) is 3.30. The fraction of sp³-hybridized carbons (Fsp3) is 0.471. The van der Waals surface area contributed by atoms with Crippen molar-refractivity contribution < 1.29 is 4.52 Å². The molecule has 1 heterocycles. The molecule has 4 nitrogen and oxygen atoms in total. The van der Waals surface area contributed by atoms with Crippen molar-refractivity contribution >= 4 is 0 Å². The quantitative estimate of drug-likeness (QED) is 0.849. The van der Waals surface area contributed by atoms with Crippen LogP contribution in [0.2, 0.25) is 0 Å². The van der Waals surface area contributed by atoms with Crippen LogP contribution in [0, 0.1) is 6.92 Å². The second kappa shape index (κ2) is 7.38. The van der Waals surface area contributed by atoms with Crippen LogP contribution in [0.3, 0.4) is 0 Å². The second-order valence-corrected chi connectivity index (χ2v) is 5.98. The summed E-state index contributed by atoms with van der Waals surface area (Å²) in [5.41, 5.74) is 3.56. The maximum absolute atomic E-state index is 5.39. The van der Waals surface area contributed by atoms with Crippen LogP contribution in [0.1, 0.15) is 36.4 Å². The highest BCUT2D eigenvalue weighted by Crippen LogP contribution is 2.10. The van der Waals surface area contributed by atoms with Crippen LogP contribution in [-0.4, -0.2) is 23.1 Å². The van der Waals surface area contributed by atoms with Crippen molar-refractivity contribution in [3.05, 3.63) is 52.9 Å². The van der Waals surface area contributed by atoms with E-state index < -0.39 is 0 Å². The molecule has 1 aromatic carbocycles. The summed E-state index contributed by atoms with van der Waals surface area (Å²) in [5, 5.41) is 7.43. The van der Waals surface area contributed by atoms with Gasteiger partial charge in [-0.25, -0.2) is 0 Å². The zero-order valence-corrected chi connectivity index (χ0v) is 13.4. The molecule has 0 saturated carbocycles. The first-order valence-electron chi connectivity index (χ1n) is 7.45. The van der Waals surface area contributed by atoms with Gasteiger partial charge in [-0.05, 0) is 19.5 Å². The Bertz CT molecular complexity index is 545. The molecule has 2 aromatic rings. The van der Waals surface area contributed by atoms with Gasteiger partial charge < -0.3 is 9.84 Å². The number of benzene rings is 1. The van der Waals surface area contributed by atoms with Gasteiger partial charge in [0, 0.05) is 25.2 Å². The van der Waals surface area contributed by atoms with Crippen LogP contribution >= 0.6 is 0 Å². The molecule has 0 spiro atoms. The monoisotopic (exact) mass is 287 g/mol. The fourth-order valence-electron chi connectivity index (χ4n) is 2.15. The van der Waals surface area contributed by atoms with Gasteiger partial charge >= 0.3 is 0 Å². The number of nitrogens with one attached hydrogen (secondary N) is 1. The Morgan fingerprint density at radius 2 is 1.90 bits per heavy atom. The van der Waals surface area contributed by atoms with Gasteiger partial charge in [0.05, 0.1) is 12.2 Å². The molecule has 21 heavy (non-hydrogen) atoms. The molecule has 0 amide bonds. The van der Waals surface area contributed by atoms with Gasteiger partial charge in [-0.2, -0.15) is 0 Å². The molecule has 0 atom stereocenters. The van der Waals surface area contributed by atoms with E-state index in [1.807, 2.05) is 6.07 Å². The van der Waals surface area contributed by atoms with E-state index in [-0.39, 0.29) is 0 Å². The lowest BCUT2D eigenvalue weighted by molar-refractivity contribution is 0.265. The first-order valence-corrected chi connectivity index (χ1v) is 7.45. The normalized spacial score (nSPS) is 11.5. The fourth-order valence-corrected chi connectivity index (χ4v) is 2.15. The Morgan fingerprint density at radius 3 is 2.57 bits per heavy atom. The molecule has 0 bridgehead atoms. The lowest BCUT2D eigenvalue weighted by Crippen LogP contribution is -2.21. The van der Waals surface area contributed by atoms with Crippen molar-refractivity contribution in [1.82, 2.24) is 15.4 Å². The number of hydrogen-bond donors (Lipinski definition) is 1. The van der Waals surface area contributed by atoms with Crippen LogP contribution < -0.4 is 5.32 Å². The minimum atomic E-state index is 0.453. The van der Waals surface area contributed by atoms with Crippen LogP contribution in [0.4, 0.5) is 0 Å². The van der Waals surface area contributed by atoms with Gasteiger partial charge in [-0.3, -0.25) is 4.90 Å². The molecule has 0 aliphatic heterocycles. The lowest BCUT2D eigenvalue weighted by Gasteiger charge is -2.14. The third kappa shape index (κ3) is 5.33. The zero-order valence-electron chi connectivity index (χ0n) is 13.4. The van der Waals surface area contributed by atoms with E-state index in [0.29, 0.717) is 6.04 Å². The van der Waals surface area contributed by atoms with Crippen molar-refractivity contribution in [2.24, 2.45) is 0 Å². The van der Waals surface area contributed by atoms with Crippen LogP contribution in [-0.2, 0) is 19.6 Å². The van der Waals surface area contributed by atoms with Crippen molar-refractivity contribution in [2.45, 2.75) is 46.4 Å². The van der Waals surface area contributed by atoms with Crippen LogP contribution in [0.25, 0.3) is 0 Å². The Hall–Kier alpha value is -1.65. The molecule has 114 valence electrons. The van der Waals surface area contributed by atoms with Gasteiger partial charge in [0.1, 0.15) is 0 Å². The van der Waals surface area contributed by atoms with E-state index in [9.17, 15) is 0 Å². The molecule has 0 saturated heterocycles. The van der Waals surface area contributed by atoms with E-state index in [4.69, 9.17) is 4.52 Å². The highest BCUT2D eigenvalue weighted by atomic mass is 16.5. The van der Waals surface area contributed by atoms with Crippen LogP contribution in [0.15, 0.2) is 34.9 Å². The summed E-state index contributed by atoms with van der Waals surface area (Å²) in [6.45, 7) is 8.77. The smallest absolute Gasteiger partial charge is 0.151 e. The lowest BCUT2D eigenvalue weighted by atomic mass is 10.1. The second-order valence-electron chi connectivity index (χ2n) is 5.98. The molecule has 1 aromatic heterocycles. The van der Waals surface area contributed by atoms with E-state index in [1.54, 1.807) is 0 Å². The molecular weight excluding hydrogens is 262 g/mol. The molecule has 0 radical (unpaired) electrons. The largest absolute Gasteiger partial charge is 0.360 e. The SMILES string of the molecule is Cc1ccc(CN(C)Cc2cc(CNC(C)C)no2)cc1. The molecule has 0 fully saturated rings. The molecule has 0 aliphatic carbocycles. The zero-order chi connectivity index (χ0) is 15.2. The third-order valence-corrected chi connectivity index (χ3v) is 3.30. The topological polar surface area (TPSA) is 41.3 Å². The molecular formula is C17H25N3O. The number of aromatic nitrogens is 1. The molecule has 1 N–H and O–H groups in total. The van der Waals surface area contributed by atoms with E-state index in [2.05, 4.69) is 67.5 Å². The van der Waals surface area contributed by atoms with E-state index in [1.165, 1.54) is 11.1 Å². The van der Waals surface area contributed by atoms with Crippen molar-refractivity contribution in [3.8, 4) is 0 Å². The highest BCUT2D eigenvalue weighted by molar-refractivity contribution is 5.21. The first-order chi connectivity index (χ1) is 10.0. The summed E-state index contributed by atoms with van der Waals surface area (Å²) >= 11 is 0. The van der Waals surface area contributed by atoms with Gasteiger partial charge in [0.2, 0.25) is 0 Å². The van der Waals surface area contributed by atoms with Gasteiger partial charge in [-0.1, -0.05) is 48.8 Å². The maximum atomic E-state index is 5.39. The van der Waals surface area contributed by atoms with Gasteiger partial charge in [-0.15, -0.1) is 0 Å². The summed E-state index contributed by atoms with van der Waals surface area (Å²) in [4.78, 5) is 2.23. The van der Waals surface area contributed by atoms with Crippen molar-refractivity contribution in [3.63, 3.8) is 0 Å². The number of aryl methyl sites for hydroxylation is 1. The van der Waals surface area contributed by atoms with Crippen LogP contribution in [0.5, 0.6) is 0 Å². The minimum absolute atomic E-state index is 0.453. The summed E-state index contributed by atoms with van der Waals surface area (Å²) < 4.78 is 5.39. The Kier molecular flexibility index (Phi) is 5.53. The molecule has 0 unspecified atom stereocenters. The Morgan fingerprint density at radius 1 is 1.19 bits per heavy atom. The van der Waals surface area contributed by atoms with Crippen molar-refractivity contribution in [2.75, 3.05) is 7.05 Å². The maximum Gasteiger partial charge on any atom is 0.151 e. The minimum Gasteiger partial charge on any atom is -0.360 e. The summed E-state index contributed by atoms with van der Waals surface area (Å²) in [5.74, 6) is 0.908. The molecule has 2 rings (SSSR count). The summed E-state index contributed by atoms with van der Waals surface area (Å²) in [6.07, 6.45) is 0. The molecule has 4 heteroatoms. The summed E-state index contributed by atoms with van der Waals surface area (Å²) in [7, 11) is 2.09. The Labute approximate surface area is 127 Å². The summed E-state index contributed by atoms with van der Waals surface area (Å²) in [6, 6.07) is 11.1. The molecule has 0 aliphatic rings. The first kappa shape index (κ1) is 15.7. The predicted molar refractivity (Wildman–Crippen MR) is 84.8 cm³/mol. The predicted octanol–water partition coefficient (Wildman–Crippen LogP) is 3.11. The average Bonchev–Trinajstić information content (AvgIpc) is 2.86. The van der Waals surface area contributed by atoms with Gasteiger partial charge in [0.15, 0.2) is 5.76 Å². The van der Waals surface area contributed by atoms with E-state index in [0.717, 1.165) is 31.1 Å². The Balaban J connectivity index is 1.84. The van der Waals surface area contributed by atoms with Gasteiger partial charge in [0.25, 0.3) is 0 Å². The van der Waals surface area contributed by atoms with E-state index >= 15 is 0 Å². The average molecular weight is 287 g/mol.